The number of anilines is 2. The first-order chi connectivity index (χ1) is 17.6. The maximum atomic E-state index is 13.0. The number of nitrogens with zero attached hydrogens (tertiary/aromatic N) is 1. The third-order valence-corrected chi connectivity index (χ3v) is 6.43. The molecule has 8 nitrogen and oxygen atoms in total. The van der Waals surface area contributed by atoms with Gasteiger partial charge in [-0.15, -0.1) is 0 Å². The highest BCUT2D eigenvalue weighted by molar-refractivity contribution is 9.10. The number of imide groups is 2. The van der Waals surface area contributed by atoms with E-state index < -0.39 is 17.8 Å². The molecule has 0 radical (unpaired) electrons. The SMILES string of the molecule is Cc1ccc(NC(=O)COc2ccc(/C=C3\C(=O)NC(=O)N(c4ccc(Br)cc4)C3=O)cc2Cl)cc1C. The molecule has 1 aliphatic heterocycles. The quantitative estimate of drug-likeness (QED) is 0.299. The van der Waals surface area contributed by atoms with Crippen LogP contribution in [0.4, 0.5) is 16.2 Å². The van der Waals surface area contributed by atoms with Crippen LogP contribution in [0.15, 0.2) is 70.7 Å². The second kappa shape index (κ2) is 11.0. The number of carbonyl (C=O) groups is 4. The Morgan fingerprint density at radius 2 is 1.76 bits per heavy atom. The van der Waals surface area contributed by atoms with Gasteiger partial charge in [0, 0.05) is 10.2 Å². The number of halogens is 2. The highest BCUT2D eigenvalue weighted by Crippen LogP contribution is 2.28. The number of hydrogen-bond donors (Lipinski definition) is 2. The number of ether oxygens (including phenoxy) is 1. The van der Waals surface area contributed by atoms with Crippen molar-refractivity contribution in [2.24, 2.45) is 0 Å². The summed E-state index contributed by atoms with van der Waals surface area (Å²) in [6.45, 7) is 3.68. The molecule has 0 spiro atoms. The topological polar surface area (TPSA) is 105 Å². The Kier molecular flexibility index (Phi) is 7.75. The van der Waals surface area contributed by atoms with Crippen LogP contribution in [0.5, 0.6) is 5.75 Å². The minimum Gasteiger partial charge on any atom is -0.482 e. The fourth-order valence-electron chi connectivity index (χ4n) is 3.53. The van der Waals surface area contributed by atoms with Crippen LogP contribution in [-0.4, -0.2) is 30.4 Å². The Labute approximate surface area is 226 Å². The van der Waals surface area contributed by atoms with E-state index in [0.717, 1.165) is 20.5 Å². The summed E-state index contributed by atoms with van der Waals surface area (Å²) in [6, 6.07) is 15.9. The van der Waals surface area contributed by atoms with Crippen LogP contribution >= 0.6 is 27.5 Å². The van der Waals surface area contributed by atoms with Crippen LogP contribution < -0.4 is 20.3 Å². The van der Waals surface area contributed by atoms with Gasteiger partial charge in [0.1, 0.15) is 11.3 Å². The molecule has 188 valence electrons. The van der Waals surface area contributed by atoms with E-state index in [9.17, 15) is 19.2 Å². The molecule has 0 atom stereocenters. The monoisotopic (exact) mass is 581 g/mol. The van der Waals surface area contributed by atoms with Crippen LogP contribution in [0.2, 0.25) is 5.02 Å². The van der Waals surface area contributed by atoms with Crippen LogP contribution in [-0.2, 0) is 14.4 Å². The number of hydrogen-bond acceptors (Lipinski definition) is 5. The first-order valence-electron chi connectivity index (χ1n) is 11.1. The maximum absolute atomic E-state index is 13.0. The highest BCUT2D eigenvalue weighted by atomic mass is 79.9. The van der Waals surface area contributed by atoms with E-state index in [1.807, 2.05) is 32.0 Å². The maximum Gasteiger partial charge on any atom is 0.335 e. The lowest BCUT2D eigenvalue weighted by Gasteiger charge is -2.26. The Bertz CT molecular complexity index is 1450. The van der Waals surface area contributed by atoms with Crippen molar-refractivity contribution in [1.82, 2.24) is 5.32 Å². The van der Waals surface area contributed by atoms with Crippen molar-refractivity contribution in [2.75, 3.05) is 16.8 Å². The van der Waals surface area contributed by atoms with E-state index in [2.05, 4.69) is 26.6 Å². The molecule has 2 N–H and O–H groups in total. The van der Waals surface area contributed by atoms with E-state index in [4.69, 9.17) is 16.3 Å². The molecule has 10 heteroatoms. The predicted molar refractivity (Wildman–Crippen MR) is 145 cm³/mol. The summed E-state index contributed by atoms with van der Waals surface area (Å²) in [6.07, 6.45) is 1.33. The normalized spacial score (nSPS) is 14.5. The van der Waals surface area contributed by atoms with Crippen molar-refractivity contribution in [3.63, 3.8) is 0 Å². The molecule has 37 heavy (non-hydrogen) atoms. The zero-order chi connectivity index (χ0) is 26.7. The van der Waals surface area contributed by atoms with E-state index in [1.54, 1.807) is 30.3 Å². The average molecular weight is 583 g/mol. The lowest BCUT2D eigenvalue weighted by Crippen LogP contribution is -2.54. The van der Waals surface area contributed by atoms with Crippen LogP contribution in [0, 0.1) is 13.8 Å². The molecule has 1 heterocycles. The van der Waals surface area contributed by atoms with E-state index >= 15 is 0 Å². The summed E-state index contributed by atoms with van der Waals surface area (Å²) in [5.41, 5.74) is 3.35. The summed E-state index contributed by atoms with van der Waals surface area (Å²) in [4.78, 5) is 50.9. The summed E-state index contributed by atoms with van der Waals surface area (Å²) >= 11 is 9.63. The van der Waals surface area contributed by atoms with Crippen molar-refractivity contribution in [3.8, 4) is 5.75 Å². The van der Waals surface area contributed by atoms with E-state index in [1.165, 1.54) is 18.2 Å². The molecule has 0 aliphatic carbocycles. The van der Waals surface area contributed by atoms with Crippen LogP contribution in [0.25, 0.3) is 6.08 Å². The Morgan fingerprint density at radius 1 is 1.03 bits per heavy atom. The van der Waals surface area contributed by atoms with Crippen molar-refractivity contribution in [2.45, 2.75) is 13.8 Å². The van der Waals surface area contributed by atoms with Crippen molar-refractivity contribution in [1.29, 1.82) is 0 Å². The summed E-state index contributed by atoms with van der Waals surface area (Å²) in [5, 5.41) is 5.12. The largest absolute Gasteiger partial charge is 0.482 e. The predicted octanol–water partition coefficient (Wildman–Crippen LogP) is 5.40. The van der Waals surface area contributed by atoms with Gasteiger partial charge in [-0.3, -0.25) is 19.7 Å². The van der Waals surface area contributed by atoms with Gasteiger partial charge < -0.3 is 10.1 Å². The van der Waals surface area contributed by atoms with Crippen molar-refractivity contribution in [3.05, 3.63) is 92.4 Å². The first kappa shape index (κ1) is 26.1. The lowest BCUT2D eigenvalue weighted by atomic mass is 10.1. The van der Waals surface area contributed by atoms with E-state index in [-0.39, 0.29) is 28.9 Å². The van der Waals surface area contributed by atoms with Gasteiger partial charge in [-0.2, -0.15) is 0 Å². The summed E-state index contributed by atoms with van der Waals surface area (Å²) in [7, 11) is 0. The first-order valence-corrected chi connectivity index (χ1v) is 12.3. The number of carbonyl (C=O) groups excluding carboxylic acids is 4. The molecule has 3 aromatic carbocycles. The van der Waals surface area contributed by atoms with Gasteiger partial charge in [0.2, 0.25) is 0 Å². The van der Waals surface area contributed by atoms with Crippen LogP contribution in [0.1, 0.15) is 16.7 Å². The lowest BCUT2D eigenvalue weighted by molar-refractivity contribution is -0.122. The van der Waals surface area contributed by atoms with Gasteiger partial charge in [-0.05, 0) is 85.1 Å². The van der Waals surface area contributed by atoms with Crippen LogP contribution in [0.3, 0.4) is 0 Å². The fourth-order valence-corrected chi connectivity index (χ4v) is 4.04. The second-order valence-electron chi connectivity index (χ2n) is 8.26. The third-order valence-electron chi connectivity index (χ3n) is 5.60. The smallest absolute Gasteiger partial charge is 0.335 e. The molecule has 1 aliphatic rings. The highest BCUT2D eigenvalue weighted by Gasteiger charge is 2.36. The molecule has 4 rings (SSSR count). The molecule has 0 aromatic heterocycles. The third kappa shape index (κ3) is 6.07. The molecule has 0 saturated carbocycles. The molecular formula is C27H21BrClN3O5. The molecule has 1 fully saturated rings. The second-order valence-corrected chi connectivity index (χ2v) is 9.58. The number of nitrogens with one attached hydrogen (secondary N) is 2. The van der Waals surface area contributed by atoms with Gasteiger partial charge in [-0.25, -0.2) is 9.69 Å². The standard InChI is InChI=1S/C27H21BrClN3O5/c1-15-3-7-19(11-16(15)2)30-24(33)14-37-23-10-4-17(13-22(23)29)12-21-25(34)31-27(36)32(26(21)35)20-8-5-18(28)6-9-20/h3-13H,14H2,1-2H3,(H,30,33)(H,31,34,36)/b21-12+. The van der Waals surface area contributed by atoms with Crippen molar-refractivity contribution >= 4 is 68.7 Å². The molecular weight excluding hydrogens is 562 g/mol. The zero-order valence-corrected chi connectivity index (χ0v) is 22.1. The summed E-state index contributed by atoms with van der Waals surface area (Å²) < 4.78 is 6.31. The average Bonchev–Trinajstić information content (AvgIpc) is 2.84. The fraction of sp³-hybridized carbons (Fsp3) is 0.111. The van der Waals surface area contributed by atoms with Gasteiger partial charge in [0.05, 0.1) is 10.7 Å². The number of aryl methyl sites for hydroxylation is 2. The van der Waals surface area contributed by atoms with Gasteiger partial charge >= 0.3 is 6.03 Å². The Balaban J connectivity index is 1.46. The van der Waals surface area contributed by atoms with Gasteiger partial charge in [-0.1, -0.05) is 39.7 Å². The van der Waals surface area contributed by atoms with Crippen molar-refractivity contribution < 1.29 is 23.9 Å². The molecule has 0 bridgehead atoms. The molecule has 0 unspecified atom stereocenters. The number of amides is 5. The molecule has 1 saturated heterocycles. The zero-order valence-electron chi connectivity index (χ0n) is 19.8. The Morgan fingerprint density at radius 3 is 2.43 bits per heavy atom. The Hall–Kier alpha value is -3.95. The number of urea groups is 1. The minimum absolute atomic E-state index is 0.179. The van der Waals surface area contributed by atoms with Gasteiger partial charge in [0.15, 0.2) is 6.61 Å². The van der Waals surface area contributed by atoms with Gasteiger partial charge in [0.25, 0.3) is 17.7 Å². The number of rotatable bonds is 6. The minimum atomic E-state index is -0.838. The molecule has 5 amide bonds. The van der Waals surface area contributed by atoms with E-state index in [0.29, 0.717) is 16.9 Å². The summed E-state index contributed by atoms with van der Waals surface area (Å²) in [5.74, 6) is -1.68. The number of barbiturate groups is 1. The molecule has 3 aromatic rings. The number of benzene rings is 3.